The minimum atomic E-state index is -4.44. The summed E-state index contributed by atoms with van der Waals surface area (Å²) in [5, 5.41) is 7.23. The number of halogens is 3. The second kappa shape index (κ2) is 7.53. The van der Waals surface area contributed by atoms with Gasteiger partial charge in [0.05, 0.1) is 11.1 Å². The number of anilines is 3. The molecule has 5 nitrogen and oxygen atoms in total. The first-order valence-electron chi connectivity index (χ1n) is 8.90. The molecule has 4 N–H and O–H groups in total. The van der Waals surface area contributed by atoms with Crippen molar-refractivity contribution in [3.8, 4) is 0 Å². The Morgan fingerprint density at radius 3 is 2.43 bits per heavy atom. The first kappa shape index (κ1) is 19.7. The van der Waals surface area contributed by atoms with Crippen LogP contribution in [0.25, 0.3) is 10.9 Å². The molecular formula is C20H22F3N5. The fraction of sp³-hybridized carbons (Fsp3) is 0.300. The quantitative estimate of drug-likeness (QED) is 0.542. The number of nitrogens with one attached hydrogen (secondary N) is 2. The van der Waals surface area contributed by atoms with Crippen molar-refractivity contribution < 1.29 is 13.2 Å². The summed E-state index contributed by atoms with van der Waals surface area (Å²) < 4.78 is 39.1. The van der Waals surface area contributed by atoms with Gasteiger partial charge in [-0.05, 0) is 62.2 Å². The van der Waals surface area contributed by atoms with Crippen molar-refractivity contribution in [3.05, 3.63) is 52.8 Å². The number of aryl methyl sites for hydroxylation is 2. The first-order chi connectivity index (χ1) is 13.2. The molecule has 0 amide bonds. The van der Waals surface area contributed by atoms with Gasteiger partial charge in [-0.3, -0.25) is 0 Å². The second-order valence-corrected chi connectivity index (χ2v) is 6.65. The highest BCUT2D eigenvalue weighted by atomic mass is 19.4. The van der Waals surface area contributed by atoms with Gasteiger partial charge in [-0.1, -0.05) is 0 Å². The average Bonchev–Trinajstić information content (AvgIpc) is 2.59. The third kappa shape index (κ3) is 4.27. The summed E-state index contributed by atoms with van der Waals surface area (Å²) in [6.07, 6.45) is -4.44. The summed E-state index contributed by atoms with van der Waals surface area (Å²) in [6, 6.07) is 7.46. The van der Waals surface area contributed by atoms with E-state index in [1.54, 1.807) is 6.92 Å². The molecule has 3 aromatic rings. The van der Waals surface area contributed by atoms with E-state index in [-0.39, 0.29) is 12.2 Å². The van der Waals surface area contributed by atoms with Crippen molar-refractivity contribution >= 4 is 28.1 Å². The topological polar surface area (TPSA) is 75.9 Å². The number of fused-ring (bicyclic) bond motifs is 1. The smallest absolute Gasteiger partial charge is 0.399 e. The summed E-state index contributed by atoms with van der Waals surface area (Å²) in [5.41, 5.74) is 8.18. The maximum absolute atomic E-state index is 13.0. The molecule has 1 aromatic heterocycles. The van der Waals surface area contributed by atoms with Crippen molar-refractivity contribution in [2.75, 3.05) is 22.9 Å². The molecule has 0 aliphatic rings. The molecule has 0 spiro atoms. The number of alkyl halides is 3. The molecule has 0 atom stereocenters. The van der Waals surface area contributed by atoms with Crippen LogP contribution in [-0.4, -0.2) is 16.5 Å². The maximum atomic E-state index is 13.0. The molecule has 0 unspecified atom stereocenters. The Balaban J connectivity index is 1.96. The number of hydrogen-bond donors (Lipinski definition) is 3. The minimum Gasteiger partial charge on any atom is -0.399 e. The van der Waals surface area contributed by atoms with Crippen LogP contribution >= 0.6 is 0 Å². The average molecular weight is 389 g/mol. The molecule has 0 saturated carbocycles. The highest BCUT2D eigenvalue weighted by molar-refractivity contribution is 5.92. The predicted octanol–water partition coefficient (Wildman–Crippen LogP) is 4.89. The monoisotopic (exact) mass is 389 g/mol. The Bertz CT molecular complexity index is 1010. The van der Waals surface area contributed by atoms with Gasteiger partial charge in [0.1, 0.15) is 11.6 Å². The van der Waals surface area contributed by atoms with E-state index in [0.717, 1.165) is 40.8 Å². The van der Waals surface area contributed by atoms with Crippen LogP contribution in [0.4, 0.5) is 30.4 Å². The van der Waals surface area contributed by atoms with Crippen molar-refractivity contribution in [1.29, 1.82) is 0 Å². The third-order valence-corrected chi connectivity index (χ3v) is 4.32. The standard InChI is InChI=1S/C20H22F3N5/c1-4-25-17-9-16-18(5-11(17)2)27-12(3)28-19(16)26-10-13-6-14(20(21,22)23)8-15(24)7-13/h5-9,25H,4,10,24H2,1-3H3,(H,26,27,28). The van der Waals surface area contributed by atoms with E-state index in [2.05, 4.69) is 20.6 Å². The lowest BCUT2D eigenvalue weighted by molar-refractivity contribution is -0.137. The normalized spacial score (nSPS) is 11.6. The number of nitrogens with zero attached hydrogens (tertiary/aromatic N) is 2. The zero-order chi connectivity index (χ0) is 20.5. The Morgan fingerprint density at radius 2 is 1.75 bits per heavy atom. The summed E-state index contributed by atoms with van der Waals surface area (Å²) >= 11 is 0. The van der Waals surface area contributed by atoms with Crippen LogP contribution in [0.5, 0.6) is 0 Å². The Hall–Kier alpha value is -3.03. The Labute approximate surface area is 161 Å². The molecule has 28 heavy (non-hydrogen) atoms. The zero-order valence-electron chi connectivity index (χ0n) is 15.9. The molecule has 2 aromatic carbocycles. The zero-order valence-corrected chi connectivity index (χ0v) is 15.9. The molecule has 0 fully saturated rings. The summed E-state index contributed by atoms with van der Waals surface area (Å²) in [4.78, 5) is 8.90. The van der Waals surface area contributed by atoms with E-state index in [1.165, 1.54) is 6.07 Å². The number of rotatable bonds is 5. The fourth-order valence-corrected chi connectivity index (χ4v) is 3.08. The summed E-state index contributed by atoms with van der Waals surface area (Å²) in [6.45, 7) is 6.70. The van der Waals surface area contributed by atoms with Gasteiger partial charge in [0.2, 0.25) is 0 Å². The van der Waals surface area contributed by atoms with Gasteiger partial charge in [0.15, 0.2) is 0 Å². The van der Waals surface area contributed by atoms with Crippen LogP contribution < -0.4 is 16.4 Å². The molecule has 0 aliphatic carbocycles. The van der Waals surface area contributed by atoms with Gasteiger partial charge in [-0.25, -0.2) is 9.97 Å². The van der Waals surface area contributed by atoms with Gasteiger partial charge >= 0.3 is 6.18 Å². The Kier molecular flexibility index (Phi) is 5.31. The van der Waals surface area contributed by atoms with Crippen LogP contribution in [0.3, 0.4) is 0 Å². The molecule has 148 valence electrons. The fourth-order valence-electron chi connectivity index (χ4n) is 3.08. The van der Waals surface area contributed by atoms with E-state index in [1.807, 2.05) is 26.0 Å². The molecule has 0 radical (unpaired) electrons. The van der Waals surface area contributed by atoms with E-state index in [0.29, 0.717) is 17.2 Å². The van der Waals surface area contributed by atoms with Crippen LogP contribution in [0.15, 0.2) is 30.3 Å². The van der Waals surface area contributed by atoms with Gasteiger partial charge < -0.3 is 16.4 Å². The molecule has 0 saturated heterocycles. The highest BCUT2D eigenvalue weighted by Crippen LogP contribution is 2.32. The molecule has 0 aliphatic heterocycles. The molecule has 8 heteroatoms. The maximum Gasteiger partial charge on any atom is 0.416 e. The lowest BCUT2D eigenvalue weighted by Crippen LogP contribution is -2.09. The number of nitrogen functional groups attached to an aromatic ring is 1. The summed E-state index contributed by atoms with van der Waals surface area (Å²) in [7, 11) is 0. The van der Waals surface area contributed by atoms with E-state index in [4.69, 9.17) is 5.73 Å². The highest BCUT2D eigenvalue weighted by Gasteiger charge is 2.31. The number of benzene rings is 2. The SMILES string of the molecule is CCNc1cc2c(NCc3cc(N)cc(C(F)(F)F)c3)nc(C)nc2cc1C. The van der Waals surface area contributed by atoms with Gasteiger partial charge in [0, 0.05) is 29.9 Å². The lowest BCUT2D eigenvalue weighted by Gasteiger charge is -2.14. The second-order valence-electron chi connectivity index (χ2n) is 6.65. The number of hydrogen-bond acceptors (Lipinski definition) is 5. The molecule has 1 heterocycles. The first-order valence-corrected chi connectivity index (χ1v) is 8.90. The predicted molar refractivity (Wildman–Crippen MR) is 106 cm³/mol. The van der Waals surface area contributed by atoms with Gasteiger partial charge in [-0.2, -0.15) is 13.2 Å². The van der Waals surface area contributed by atoms with E-state index in [9.17, 15) is 13.2 Å². The van der Waals surface area contributed by atoms with E-state index >= 15 is 0 Å². The van der Waals surface area contributed by atoms with Gasteiger partial charge in [0.25, 0.3) is 0 Å². The minimum absolute atomic E-state index is 0.0698. The largest absolute Gasteiger partial charge is 0.416 e. The van der Waals surface area contributed by atoms with Crippen LogP contribution in [-0.2, 0) is 12.7 Å². The van der Waals surface area contributed by atoms with Crippen LogP contribution in [0.1, 0.15) is 29.4 Å². The molecule has 0 bridgehead atoms. The Morgan fingerprint density at radius 1 is 1.00 bits per heavy atom. The van der Waals surface area contributed by atoms with Crippen LogP contribution in [0, 0.1) is 13.8 Å². The van der Waals surface area contributed by atoms with Crippen molar-refractivity contribution in [2.45, 2.75) is 33.5 Å². The number of aromatic nitrogens is 2. The third-order valence-electron chi connectivity index (χ3n) is 4.32. The number of nitrogens with two attached hydrogens (primary N) is 1. The van der Waals surface area contributed by atoms with Crippen molar-refractivity contribution in [2.24, 2.45) is 0 Å². The lowest BCUT2D eigenvalue weighted by atomic mass is 10.1. The van der Waals surface area contributed by atoms with Crippen LogP contribution in [0.2, 0.25) is 0 Å². The molecule has 3 rings (SSSR count). The van der Waals surface area contributed by atoms with Gasteiger partial charge in [-0.15, -0.1) is 0 Å². The van der Waals surface area contributed by atoms with Crippen molar-refractivity contribution in [3.63, 3.8) is 0 Å². The van der Waals surface area contributed by atoms with Crippen molar-refractivity contribution in [1.82, 2.24) is 9.97 Å². The summed E-state index contributed by atoms with van der Waals surface area (Å²) in [5.74, 6) is 1.15. The van der Waals surface area contributed by atoms with E-state index < -0.39 is 11.7 Å². The molecular weight excluding hydrogens is 367 g/mol.